The van der Waals surface area contributed by atoms with Crippen LogP contribution in [0.2, 0.25) is 0 Å². The van der Waals surface area contributed by atoms with Crippen LogP contribution in [0.3, 0.4) is 0 Å². The molecule has 4 heteroatoms. The fourth-order valence-electron chi connectivity index (χ4n) is 8.17. The molecule has 0 radical (unpaired) electrons. The molecule has 0 saturated heterocycles. The van der Waals surface area contributed by atoms with Crippen molar-refractivity contribution in [1.82, 2.24) is 19.1 Å². The quantitative estimate of drug-likeness (QED) is 0.188. The highest BCUT2D eigenvalue weighted by molar-refractivity contribution is 6.25. The number of rotatable bonds is 4. The molecule has 8 aromatic carbocycles. The summed E-state index contributed by atoms with van der Waals surface area (Å²) < 4.78 is 4.83. The Hall–Kier alpha value is -7.04. The minimum atomic E-state index is 0.865. The maximum atomic E-state index is 5.25. The van der Waals surface area contributed by atoms with Crippen molar-refractivity contribution in [2.24, 2.45) is 0 Å². The van der Waals surface area contributed by atoms with Crippen LogP contribution in [0.5, 0.6) is 0 Å². The molecular formula is C48H30N4. The summed E-state index contributed by atoms with van der Waals surface area (Å²) >= 11 is 0. The lowest BCUT2D eigenvalue weighted by Gasteiger charge is -2.14. The lowest BCUT2D eigenvalue weighted by atomic mass is 10.0. The van der Waals surface area contributed by atoms with Gasteiger partial charge in [-0.2, -0.15) is 0 Å². The Kier molecular flexibility index (Phi) is 6.22. The summed E-state index contributed by atoms with van der Waals surface area (Å²) in [6.45, 7) is 0. The van der Waals surface area contributed by atoms with E-state index in [1.807, 2.05) is 30.3 Å². The maximum absolute atomic E-state index is 5.25. The highest BCUT2D eigenvalue weighted by Gasteiger charge is 2.21. The Balaban J connectivity index is 1.24. The summed E-state index contributed by atoms with van der Waals surface area (Å²) in [5.41, 5.74) is 12.5. The second-order valence-electron chi connectivity index (χ2n) is 13.4. The zero-order valence-corrected chi connectivity index (χ0v) is 28.1. The molecule has 0 unspecified atom stereocenters. The van der Waals surface area contributed by atoms with E-state index in [0.717, 1.165) is 50.4 Å². The Labute approximate surface area is 299 Å². The molecule has 3 aromatic heterocycles. The summed E-state index contributed by atoms with van der Waals surface area (Å²) in [4.78, 5) is 10.4. The van der Waals surface area contributed by atoms with Gasteiger partial charge in [-0.25, -0.2) is 9.97 Å². The van der Waals surface area contributed by atoms with Crippen molar-refractivity contribution in [2.75, 3.05) is 0 Å². The first-order valence-corrected chi connectivity index (χ1v) is 17.7. The zero-order chi connectivity index (χ0) is 34.2. The van der Waals surface area contributed by atoms with Gasteiger partial charge >= 0.3 is 0 Å². The predicted molar refractivity (Wildman–Crippen MR) is 217 cm³/mol. The Morgan fingerprint density at radius 3 is 1.73 bits per heavy atom. The van der Waals surface area contributed by atoms with Crippen LogP contribution in [0.25, 0.3) is 99.3 Å². The van der Waals surface area contributed by atoms with E-state index in [4.69, 9.17) is 9.97 Å². The van der Waals surface area contributed by atoms with Gasteiger partial charge in [0.15, 0.2) is 0 Å². The van der Waals surface area contributed by atoms with Gasteiger partial charge in [-0.1, -0.05) is 121 Å². The molecule has 0 atom stereocenters. The average molecular weight is 663 g/mol. The fraction of sp³-hybridized carbons (Fsp3) is 0. The van der Waals surface area contributed by atoms with Gasteiger partial charge in [-0.15, -0.1) is 0 Å². The van der Waals surface area contributed by atoms with Crippen LogP contribution in [0, 0.1) is 0 Å². The predicted octanol–water partition coefficient (Wildman–Crippen LogP) is 12.3. The van der Waals surface area contributed by atoms with Gasteiger partial charge in [0, 0.05) is 44.0 Å². The zero-order valence-electron chi connectivity index (χ0n) is 28.1. The van der Waals surface area contributed by atoms with E-state index in [9.17, 15) is 0 Å². The lowest BCUT2D eigenvalue weighted by molar-refractivity contribution is 1.16. The normalized spacial score (nSPS) is 11.8. The molecule has 0 saturated carbocycles. The van der Waals surface area contributed by atoms with E-state index in [0.29, 0.717) is 0 Å². The van der Waals surface area contributed by atoms with Crippen molar-refractivity contribution in [3.8, 4) is 33.9 Å². The minimum Gasteiger partial charge on any atom is -0.309 e. The van der Waals surface area contributed by atoms with Gasteiger partial charge in [-0.05, 0) is 71.4 Å². The van der Waals surface area contributed by atoms with Crippen LogP contribution in [-0.4, -0.2) is 19.1 Å². The highest BCUT2D eigenvalue weighted by Crippen LogP contribution is 2.42. The number of aromatic nitrogens is 4. The SMILES string of the molecule is c1ccc(-c2nc3ccccc3nc2-c2cccc(-n3c4cc5c(cc4c4c6ccccc6ccc43)c3ccccc3n5-c3ccccc3)c2)cc1. The van der Waals surface area contributed by atoms with E-state index >= 15 is 0 Å². The molecule has 0 amide bonds. The van der Waals surface area contributed by atoms with Crippen molar-refractivity contribution >= 4 is 65.4 Å². The van der Waals surface area contributed by atoms with E-state index in [1.165, 1.54) is 48.9 Å². The van der Waals surface area contributed by atoms with Gasteiger partial charge in [0.05, 0.1) is 44.5 Å². The molecule has 242 valence electrons. The number of para-hydroxylation sites is 4. The summed E-state index contributed by atoms with van der Waals surface area (Å²) in [7, 11) is 0. The third kappa shape index (κ3) is 4.28. The van der Waals surface area contributed by atoms with Crippen LogP contribution in [0.1, 0.15) is 0 Å². The van der Waals surface area contributed by atoms with Crippen molar-refractivity contribution in [3.05, 3.63) is 182 Å². The molecule has 3 heterocycles. The van der Waals surface area contributed by atoms with Crippen molar-refractivity contribution < 1.29 is 0 Å². The molecule has 0 bridgehead atoms. The first-order valence-electron chi connectivity index (χ1n) is 17.7. The molecule has 0 fully saturated rings. The van der Waals surface area contributed by atoms with Crippen molar-refractivity contribution in [1.29, 1.82) is 0 Å². The van der Waals surface area contributed by atoms with Crippen molar-refractivity contribution in [2.45, 2.75) is 0 Å². The standard InChI is InChI=1S/C48H30N4/c1-3-15-32(16-4-1)47-48(50-41-24-11-10-23-40(41)49-47)33-17-13-20-35(28-33)52-43-27-26-31-14-7-8-21-36(31)46(43)39-29-38-37-22-9-12-25-42(37)51(44(38)30-45(39)52)34-18-5-2-6-19-34/h1-30H. The molecule has 52 heavy (non-hydrogen) atoms. The Bertz CT molecular complexity index is 3170. The molecule has 0 aliphatic carbocycles. The number of nitrogens with zero attached hydrogens (tertiary/aromatic N) is 4. The second-order valence-corrected chi connectivity index (χ2v) is 13.4. The second kappa shape index (κ2) is 11.2. The van der Waals surface area contributed by atoms with E-state index in [1.54, 1.807) is 0 Å². The first kappa shape index (κ1) is 28.8. The molecule has 11 rings (SSSR count). The van der Waals surface area contributed by atoms with E-state index in [2.05, 4.69) is 161 Å². The summed E-state index contributed by atoms with van der Waals surface area (Å²) in [5.74, 6) is 0. The van der Waals surface area contributed by atoms with Gasteiger partial charge < -0.3 is 9.13 Å². The topological polar surface area (TPSA) is 35.6 Å². The summed E-state index contributed by atoms with van der Waals surface area (Å²) in [6.07, 6.45) is 0. The minimum absolute atomic E-state index is 0.865. The van der Waals surface area contributed by atoms with Crippen LogP contribution in [0.15, 0.2) is 182 Å². The summed E-state index contributed by atoms with van der Waals surface area (Å²) in [5, 5.41) is 7.45. The van der Waals surface area contributed by atoms with Gasteiger partial charge in [0.25, 0.3) is 0 Å². The average Bonchev–Trinajstić information content (AvgIpc) is 3.72. The lowest BCUT2D eigenvalue weighted by Crippen LogP contribution is -1.98. The van der Waals surface area contributed by atoms with Gasteiger partial charge in [0.1, 0.15) is 0 Å². The highest BCUT2D eigenvalue weighted by atomic mass is 15.0. The van der Waals surface area contributed by atoms with Gasteiger partial charge in [-0.3, -0.25) is 0 Å². The molecular weight excluding hydrogens is 633 g/mol. The van der Waals surface area contributed by atoms with Gasteiger partial charge in [0.2, 0.25) is 0 Å². The van der Waals surface area contributed by atoms with E-state index < -0.39 is 0 Å². The number of fused-ring (bicyclic) bond motifs is 9. The molecule has 0 spiro atoms. The smallest absolute Gasteiger partial charge is 0.0973 e. The molecule has 11 aromatic rings. The number of hydrogen-bond acceptors (Lipinski definition) is 2. The first-order chi connectivity index (χ1) is 25.8. The molecule has 0 aliphatic rings. The van der Waals surface area contributed by atoms with Crippen LogP contribution in [0.4, 0.5) is 0 Å². The fourth-order valence-corrected chi connectivity index (χ4v) is 8.17. The van der Waals surface area contributed by atoms with Crippen molar-refractivity contribution in [3.63, 3.8) is 0 Å². The Morgan fingerprint density at radius 2 is 0.923 bits per heavy atom. The van der Waals surface area contributed by atoms with E-state index in [-0.39, 0.29) is 0 Å². The monoisotopic (exact) mass is 662 g/mol. The maximum Gasteiger partial charge on any atom is 0.0973 e. The summed E-state index contributed by atoms with van der Waals surface area (Å²) in [6, 6.07) is 64.8. The third-order valence-electron chi connectivity index (χ3n) is 10.5. The number of benzene rings is 8. The molecule has 0 N–H and O–H groups in total. The van der Waals surface area contributed by atoms with Crippen LogP contribution < -0.4 is 0 Å². The van der Waals surface area contributed by atoms with Crippen LogP contribution in [-0.2, 0) is 0 Å². The Morgan fingerprint density at radius 1 is 0.327 bits per heavy atom. The largest absolute Gasteiger partial charge is 0.309 e. The molecule has 0 aliphatic heterocycles. The third-order valence-corrected chi connectivity index (χ3v) is 10.5. The number of hydrogen-bond donors (Lipinski definition) is 0. The van der Waals surface area contributed by atoms with Crippen LogP contribution >= 0.6 is 0 Å². The molecule has 4 nitrogen and oxygen atoms in total.